The van der Waals surface area contributed by atoms with Crippen LogP contribution in [0, 0.1) is 5.92 Å². The van der Waals surface area contributed by atoms with Gasteiger partial charge in [-0.25, -0.2) is 0 Å². The molecule has 170 valence electrons. The van der Waals surface area contributed by atoms with Crippen LogP contribution in [-0.2, 0) is 11.2 Å². The van der Waals surface area contributed by atoms with Crippen LogP contribution in [0.15, 0.2) is 24.3 Å². The lowest BCUT2D eigenvalue weighted by Gasteiger charge is -2.30. The van der Waals surface area contributed by atoms with Gasteiger partial charge in [0.2, 0.25) is 0 Å². The van der Waals surface area contributed by atoms with E-state index in [1.165, 1.54) is 5.56 Å². The van der Waals surface area contributed by atoms with E-state index in [2.05, 4.69) is 22.1 Å². The third kappa shape index (κ3) is 4.69. The van der Waals surface area contributed by atoms with Gasteiger partial charge in [0.1, 0.15) is 11.4 Å². The zero-order valence-corrected chi connectivity index (χ0v) is 18.6. The van der Waals surface area contributed by atoms with Crippen LogP contribution in [0.5, 0.6) is 6.01 Å². The van der Waals surface area contributed by atoms with Gasteiger partial charge in [-0.3, -0.25) is 9.59 Å². The number of amides is 1. The fourth-order valence-electron chi connectivity index (χ4n) is 4.75. The van der Waals surface area contributed by atoms with Gasteiger partial charge in [0, 0.05) is 25.1 Å². The molecule has 0 unspecified atom stereocenters. The molecule has 0 spiro atoms. The molecule has 1 amide bonds. The summed E-state index contributed by atoms with van der Waals surface area (Å²) in [5.41, 5.74) is 9.15. The predicted molar refractivity (Wildman–Crippen MR) is 121 cm³/mol. The minimum absolute atomic E-state index is 0.0750. The number of nitrogens with zero attached hydrogens (tertiary/aromatic N) is 3. The van der Waals surface area contributed by atoms with E-state index in [9.17, 15) is 9.59 Å². The van der Waals surface area contributed by atoms with Crippen LogP contribution in [0.4, 0.5) is 11.5 Å². The Kier molecular flexibility index (Phi) is 6.30. The molecule has 8 nitrogen and oxygen atoms in total. The zero-order valence-electron chi connectivity index (χ0n) is 18.6. The maximum absolute atomic E-state index is 13.2. The molecule has 1 aromatic heterocycles. The van der Waals surface area contributed by atoms with Crippen LogP contribution in [0.2, 0.25) is 0 Å². The number of carboxylic acids is 1. The number of nitrogens with two attached hydrogens (primary N) is 1. The Morgan fingerprint density at radius 2 is 1.88 bits per heavy atom. The first-order chi connectivity index (χ1) is 15.3. The molecule has 2 aliphatic rings. The van der Waals surface area contributed by atoms with Crippen molar-refractivity contribution in [2.24, 2.45) is 5.92 Å². The van der Waals surface area contributed by atoms with E-state index >= 15 is 0 Å². The van der Waals surface area contributed by atoms with Gasteiger partial charge in [0.25, 0.3) is 5.91 Å². The third-order valence-corrected chi connectivity index (χ3v) is 6.35. The number of hydrogen-bond acceptors (Lipinski definition) is 6. The number of nitrogen functional groups attached to an aromatic ring is 1. The molecule has 3 N–H and O–H groups in total. The summed E-state index contributed by atoms with van der Waals surface area (Å²) in [6, 6.07) is 8.34. The number of carbonyl (C=O) groups is 2. The van der Waals surface area contributed by atoms with Gasteiger partial charge >= 0.3 is 12.0 Å². The summed E-state index contributed by atoms with van der Waals surface area (Å²) in [4.78, 5) is 34.4. The molecule has 0 bridgehead atoms. The first-order valence-electron chi connectivity index (χ1n) is 11.3. The molecule has 1 aromatic carbocycles. The largest absolute Gasteiger partial charge is 0.481 e. The highest BCUT2D eigenvalue weighted by atomic mass is 16.5. The molecule has 32 heavy (non-hydrogen) atoms. The number of benzene rings is 1. The molecular weight excluding hydrogens is 408 g/mol. The van der Waals surface area contributed by atoms with E-state index in [0.29, 0.717) is 30.1 Å². The molecule has 2 aromatic rings. The van der Waals surface area contributed by atoms with E-state index in [0.717, 1.165) is 31.4 Å². The molecule has 0 atom stereocenters. The summed E-state index contributed by atoms with van der Waals surface area (Å²) < 4.78 is 5.55. The highest BCUT2D eigenvalue weighted by Crippen LogP contribution is 2.38. The molecule has 1 fully saturated rings. The number of fused-ring (bicyclic) bond motifs is 1. The summed E-state index contributed by atoms with van der Waals surface area (Å²) in [6.45, 7) is 4.29. The highest BCUT2D eigenvalue weighted by Gasteiger charge is 2.31. The second kappa shape index (κ2) is 9.14. The van der Waals surface area contributed by atoms with Gasteiger partial charge < -0.3 is 20.5 Å². The number of hydrogen-bond donors (Lipinski definition) is 2. The Labute approximate surface area is 187 Å². The van der Waals surface area contributed by atoms with E-state index in [1.54, 1.807) is 4.90 Å². The highest BCUT2D eigenvalue weighted by molar-refractivity contribution is 6.10. The molecule has 2 heterocycles. The number of aliphatic carboxylic acids is 1. The van der Waals surface area contributed by atoms with E-state index in [4.69, 9.17) is 15.6 Å². The molecule has 0 saturated heterocycles. The van der Waals surface area contributed by atoms with E-state index < -0.39 is 5.97 Å². The van der Waals surface area contributed by atoms with Crippen LogP contribution in [0.1, 0.15) is 73.5 Å². The van der Waals surface area contributed by atoms with Crippen molar-refractivity contribution >= 4 is 23.4 Å². The number of carbonyl (C=O) groups excluding carboxylic acids is 1. The second-order valence-electron chi connectivity index (χ2n) is 8.99. The predicted octanol–water partition coefficient (Wildman–Crippen LogP) is 3.80. The lowest BCUT2D eigenvalue weighted by atomic mass is 9.77. The van der Waals surface area contributed by atoms with Crippen molar-refractivity contribution in [1.82, 2.24) is 9.97 Å². The number of aromatic nitrogens is 2. The van der Waals surface area contributed by atoms with Gasteiger partial charge in [0.15, 0.2) is 0 Å². The summed E-state index contributed by atoms with van der Waals surface area (Å²) in [5, 5.41) is 9.00. The Balaban J connectivity index is 1.45. The molecule has 0 radical (unpaired) electrons. The van der Waals surface area contributed by atoms with Crippen LogP contribution in [0.25, 0.3) is 0 Å². The minimum Gasteiger partial charge on any atom is -0.481 e. The second-order valence-corrected chi connectivity index (χ2v) is 8.99. The number of carboxylic acid groups (broad SMARTS) is 1. The standard InChI is InChI=1S/C24H30N4O4/c1-14(2)32-24-26-19-11-12-28(23(31)21(19)22(25)27-24)18-9-7-17(8-10-18)16-5-3-15(4-6-16)13-20(29)30/h7-10,14-16H,3-6,11-13H2,1-2H3,(H,29,30)(H2,25,26,27). The zero-order chi connectivity index (χ0) is 22.8. The third-order valence-electron chi connectivity index (χ3n) is 6.35. The fourth-order valence-corrected chi connectivity index (χ4v) is 4.75. The average molecular weight is 439 g/mol. The van der Waals surface area contributed by atoms with Gasteiger partial charge in [0.05, 0.1) is 11.8 Å². The number of ether oxygens (including phenoxy) is 1. The van der Waals surface area contributed by atoms with Crippen LogP contribution < -0.4 is 15.4 Å². The van der Waals surface area contributed by atoms with Gasteiger partial charge in [-0.05, 0) is 69.1 Å². The van der Waals surface area contributed by atoms with E-state index in [1.807, 2.05) is 26.0 Å². The number of anilines is 2. The normalized spacial score (nSPS) is 20.8. The topological polar surface area (TPSA) is 119 Å². The lowest BCUT2D eigenvalue weighted by molar-refractivity contribution is -0.138. The molecule has 1 aliphatic heterocycles. The first-order valence-corrected chi connectivity index (χ1v) is 11.3. The maximum atomic E-state index is 13.2. The summed E-state index contributed by atoms with van der Waals surface area (Å²) in [6.07, 6.45) is 4.67. The average Bonchev–Trinajstić information content (AvgIpc) is 2.73. The van der Waals surface area contributed by atoms with Gasteiger partial charge in [-0.1, -0.05) is 12.1 Å². The van der Waals surface area contributed by atoms with Crippen molar-refractivity contribution in [1.29, 1.82) is 0 Å². The van der Waals surface area contributed by atoms with Crippen molar-refractivity contribution < 1.29 is 19.4 Å². The molecule has 4 rings (SSSR count). The molecule has 1 aliphatic carbocycles. The first kappa shape index (κ1) is 22.0. The fraction of sp³-hybridized carbons (Fsp3) is 0.500. The summed E-state index contributed by atoms with van der Waals surface area (Å²) >= 11 is 0. The van der Waals surface area contributed by atoms with Crippen molar-refractivity contribution in [3.8, 4) is 6.01 Å². The van der Waals surface area contributed by atoms with Crippen molar-refractivity contribution in [3.05, 3.63) is 41.1 Å². The monoisotopic (exact) mass is 438 g/mol. The summed E-state index contributed by atoms with van der Waals surface area (Å²) in [7, 11) is 0. The molecular formula is C24H30N4O4. The Morgan fingerprint density at radius 1 is 1.19 bits per heavy atom. The Bertz CT molecular complexity index is 998. The maximum Gasteiger partial charge on any atom is 0.318 e. The van der Waals surface area contributed by atoms with Gasteiger partial charge in [-0.2, -0.15) is 9.97 Å². The van der Waals surface area contributed by atoms with Crippen molar-refractivity contribution in [2.45, 2.75) is 64.4 Å². The van der Waals surface area contributed by atoms with Gasteiger partial charge in [-0.15, -0.1) is 0 Å². The Morgan fingerprint density at radius 3 is 2.50 bits per heavy atom. The van der Waals surface area contributed by atoms with E-state index in [-0.39, 0.29) is 36.2 Å². The smallest absolute Gasteiger partial charge is 0.318 e. The molecule has 8 heteroatoms. The van der Waals surface area contributed by atoms with Crippen molar-refractivity contribution in [3.63, 3.8) is 0 Å². The number of rotatable bonds is 6. The minimum atomic E-state index is -0.708. The van der Waals surface area contributed by atoms with Crippen molar-refractivity contribution in [2.75, 3.05) is 17.2 Å². The van der Waals surface area contributed by atoms with Crippen LogP contribution in [-0.4, -0.2) is 39.6 Å². The SMILES string of the molecule is CC(C)Oc1nc(N)c2c(n1)CCN(c1ccc(C3CCC(CC(=O)O)CC3)cc1)C2=O. The summed E-state index contributed by atoms with van der Waals surface area (Å²) in [5.74, 6) is -0.0272. The quantitative estimate of drug-likeness (QED) is 0.704. The molecule has 1 saturated carbocycles. The van der Waals surface area contributed by atoms with Crippen LogP contribution >= 0.6 is 0 Å². The van der Waals surface area contributed by atoms with Crippen LogP contribution in [0.3, 0.4) is 0 Å². The lowest BCUT2D eigenvalue weighted by Crippen LogP contribution is -2.39. The Hall–Kier alpha value is -3.16.